The highest BCUT2D eigenvalue weighted by atomic mass is 35.5. The van der Waals surface area contributed by atoms with Crippen molar-refractivity contribution in [1.82, 2.24) is 10.3 Å². The molecule has 2 aliphatic heterocycles. The fourth-order valence-electron chi connectivity index (χ4n) is 4.41. The van der Waals surface area contributed by atoms with Gasteiger partial charge in [0, 0.05) is 43.5 Å². The van der Waals surface area contributed by atoms with Gasteiger partial charge in [0.05, 0.1) is 16.8 Å². The van der Waals surface area contributed by atoms with Crippen molar-refractivity contribution in [3.05, 3.63) is 59.5 Å². The number of amides is 1. The second-order valence-electron chi connectivity index (χ2n) is 8.45. The summed E-state index contributed by atoms with van der Waals surface area (Å²) in [6.07, 6.45) is 1.20. The largest absolute Gasteiger partial charge is 0.507 e. The third kappa shape index (κ3) is 4.15. The Labute approximate surface area is 201 Å². The number of carbonyl (C=O) groups is 1. The molecule has 7 nitrogen and oxygen atoms in total. The number of cyclic esters (lactones) is 1. The Morgan fingerprint density at radius 3 is 2.47 bits per heavy atom. The van der Waals surface area contributed by atoms with Gasteiger partial charge in [-0.1, -0.05) is 17.7 Å². The summed E-state index contributed by atoms with van der Waals surface area (Å²) in [6, 6.07) is 11.0. The number of hydrogen-bond donors (Lipinski definition) is 2. The maximum absolute atomic E-state index is 14.7. The smallest absolute Gasteiger partial charge is 0.414 e. The zero-order valence-electron chi connectivity index (χ0n) is 18.6. The van der Waals surface area contributed by atoms with Crippen LogP contribution in [0.15, 0.2) is 48.7 Å². The summed E-state index contributed by atoms with van der Waals surface area (Å²) >= 11 is 6.50. The van der Waals surface area contributed by atoms with Gasteiger partial charge in [0.15, 0.2) is 0 Å². The number of nitrogens with zero attached hydrogens (tertiary/aromatic N) is 3. The third-order valence-electron chi connectivity index (χ3n) is 6.18. The van der Waals surface area contributed by atoms with Crippen LogP contribution in [0, 0.1) is 5.82 Å². The quantitative estimate of drug-likeness (QED) is 0.562. The minimum atomic E-state index is -0.486. The van der Waals surface area contributed by atoms with Crippen LogP contribution in [0.1, 0.15) is 6.92 Å². The van der Waals surface area contributed by atoms with E-state index in [9.17, 15) is 14.3 Å². The van der Waals surface area contributed by atoms with Crippen molar-refractivity contribution in [3.8, 4) is 28.0 Å². The summed E-state index contributed by atoms with van der Waals surface area (Å²) in [5, 5.41) is 14.7. The maximum Gasteiger partial charge on any atom is 0.414 e. The van der Waals surface area contributed by atoms with Crippen LogP contribution in [0.25, 0.3) is 22.3 Å². The van der Waals surface area contributed by atoms with Gasteiger partial charge in [0.2, 0.25) is 0 Å². The lowest BCUT2D eigenvalue weighted by Crippen LogP contribution is -2.43. The molecule has 176 valence electrons. The normalized spacial score (nSPS) is 18.3. The van der Waals surface area contributed by atoms with Gasteiger partial charge < -0.3 is 20.1 Å². The number of hydrogen-bond acceptors (Lipinski definition) is 6. The molecule has 1 atom stereocenters. The number of rotatable bonds is 4. The number of nitrogens with one attached hydrogen (secondary N) is 1. The molecule has 9 heteroatoms. The number of phenolic OH excluding ortho intramolecular Hbond substituents is 1. The van der Waals surface area contributed by atoms with Crippen molar-refractivity contribution in [3.63, 3.8) is 0 Å². The molecule has 2 aromatic carbocycles. The first-order valence-corrected chi connectivity index (χ1v) is 11.5. The second kappa shape index (κ2) is 9.12. The van der Waals surface area contributed by atoms with Gasteiger partial charge in [0.1, 0.15) is 24.0 Å². The molecule has 3 heterocycles. The van der Waals surface area contributed by atoms with Crippen LogP contribution in [0.5, 0.6) is 5.75 Å². The number of aromatic nitrogens is 1. The minimum absolute atomic E-state index is 0.0587. The molecular weight excluding hydrogens is 459 g/mol. The Morgan fingerprint density at radius 2 is 1.82 bits per heavy atom. The predicted molar refractivity (Wildman–Crippen MR) is 130 cm³/mol. The van der Waals surface area contributed by atoms with Crippen molar-refractivity contribution in [2.24, 2.45) is 0 Å². The topological polar surface area (TPSA) is 77.9 Å². The number of carbonyl (C=O) groups excluding carboxylic acids is 1. The van der Waals surface area contributed by atoms with Crippen LogP contribution in [0.4, 0.5) is 20.7 Å². The number of phenols is 1. The molecule has 2 aliphatic rings. The molecule has 2 N–H and O–H groups in total. The highest BCUT2D eigenvalue weighted by Gasteiger charge is 2.32. The summed E-state index contributed by atoms with van der Waals surface area (Å²) in [7, 11) is 0. The Balaban J connectivity index is 1.52. The summed E-state index contributed by atoms with van der Waals surface area (Å²) in [4.78, 5) is 20.2. The maximum atomic E-state index is 14.7. The zero-order chi connectivity index (χ0) is 23.8. The van der Waals surface area contributed by atoms with E-state index in [1.165, 1.54) is 17.0 Å². The van der Waals surface area contributed by atoms with Crippen LogP contribution in [-0.2, 0) is 4.74 Å². The lowest BCUT2D eigenvalue weighted by Gasteiger charge is -2.28. The average molecular weight is 483 g/mol. The van der Waals surface area contributed by atoms with E-state index in [1.807, 2.05) is 13.0 Å². The number of halogens is 2. The van der Waals surface area contributed by atoms with E-state index in [0.717, 1.165) is 32.0 Å². The van der Waals surface area contributed by atoms with Crippen molar-refractivity contribution < 1.29 is 19.0 Å². The molecule has 0 bridgehead atoms. The lowest BCUT2D eigenvalue weighted by atomic mass is 9.97. The number of benzene rings is 2. The summed E-state index contributed by atoms with van der Waals surface area (Å²) in [5.41, 5.74) is 2.37. The molecule has 2 saturated heterocycles. The Morgan fingerprint density at radius 1 is 1.12 bits per heavy atom. The van der Waals surface area contributed by atoms with E-state index in [0.29, 0.717) is 33.0 Å². The van der Waals surface area contributed by atoms with Crippen LogP contribution < -0.4 is 15.1 Å². The SMILES string of the molecule is C[C@@H]1COC(=O)N1c1ccc(-c2cc(F)cc(-c3ccnc(N4CCNCC4)c3)c2O)cc1Cl. The van der Waals surface area contributed by atoms with Gasteiger partial charge in [-0.3, -0.25) is 4.90 Å². The molecule has 0 spiro atoms. The van der Waals surface area contributed by atoms with Gasteiger partial charge in [-0.2, -0.15) is 0 Å². The van der Waals surface area contributed by atoms with E-state index in [-0.39, 0.29) is 18.4 Å². The molecule has 1 aromatic heterocycles. The third-order valence-corrected chi connectivity index (χ3v) is 6.48. The Kier molecular flexibility index (Phi) is 6.02. The zero-order valence-corrected chi connectivity index (χ0v) is 19.3. The molecule has 5 rings (SSSR count). The summed E-state index contributed by atoms with van der Waals surface area (Å²) in [6.45, 7) is 5.53. The molecule has 34 heavy (non-hydrogen) atoms. The van der Waals surface area contributed by atoms with Crippen molar-refractivity contribution in [2.75, 3.05) is 42.6 Å². The van der Waals surface area contributed by atoms with Gasteiger partial charge in [-0.05, 0) is 54.4 Å². The molecule has 0 radical (unpaired) electrons. The van der Waals surface area contributed by atoms with Crippen molar-refractivity contribution in [1.29, 1.82) is 0 Å². The first-order chi connectivity index (χ1) is 16.4. The minimum Gasteiger partial charge on any atom is -0.507 e. The van der Waals surface area contributed by atoms with E-state index in [2.05, 4.69) is 15.2 Å². The molecular formula is C25H24ClFN4O3. The van der Waals surface area contributed by atoms with E-state index < -0.39 is 11.9 Å². The molecule has 0 aliphatic carbocycles. The van der Waals surface area contributed by atoms with Gasteiger partial charge in [0.25, 0.3) is 0 Å². The van der Waals surface area contributed by atoms with Crippen molar-refractivity contribution in [2.45, 2.75) is 13.0 Å². The highest BCUT2D eigenvalue weighted by Crippen LogP contribution is 2.42. The number of aromatic hydroxyl groups is 1. The summed E-state index contributed by atoms with van der Waals surface area (Å²) in [5.74, 6) is 0.236. The van der Waals surface area contributed by atoms with E-state index >= 15 is 0 Å². The van der Waals surface area contributed by atoms with E-state index in [1.54, 1.807) is 30.5 Å². The van der Waals surface area contributed by atoms with Crippen LogP contribution in [0.3, 0.4) is 0 Å². The monoisotopic (exact) mass is 482 g/mol. The standard InChI is InChI=1S/C25H24ClFN4O3/c1-15-14-34-25(33)31(15)22-3-2-16(10-21(22)26)19-12-18(27)13-20(24(19)32)17-4-5-29-23(11-17)30-8-6-28-7-9-30/h2-5,10-13,15,28,32H,6-9,14H2,1H3/t15-/m1/s1. The number of piperazine rings is 1. The average Bonchev–Trinajstić information content (AvgIpc) is 3.18. The lowest BCUT2D eigenvalue weighted by molar-refractivity contribution is 0.179. The van der Waals surface area contributed by atoms with E-state index in [4.69, 9.17) is 16.3 Å². The molecule has 0 saturated carbocycles. The first-order valence-electron chi connectivity index (χ1n) is 11.1. The van der Waals surface area contributed by atoms with Crippen molar-refractivity contribution >= 4 is 29.2 Å². The van der Waals surface area contributed by atoms with Gasteiger partial charge >= 0.3 is 6.09 Å². The van der Waals surface area contributed by atoms with Gasteiger partial charge in [-0.25, -0.2) is 14.2 Å². The van der Waals surface area contributed by atoms with Crippen LogP contribution in [0.2, 0.25) is 5.02 Å². The van der Waals surface area contributed by atoms with Gasteiger partial charge in [-0.15, -0.1) is 0 Å². The number of anilines is 2. The number of pyridine rings is 1. The Bertz CT molecular complexity index is 1250. The van der Waals surface area contributed by atoms with Crippen LogP contribution in [-0.4, -0.2) is 55.0 Å². The fraction of sp³-hybridized carbons (Fsp3) is 0.280. The number of ether oxygens (including phenoxy) is 1. The fourth-order valence-corrected chi connectivity index (χ4v) is 4.69. The van der Waals surface area contributed by atoms with Crippen LogP contribution >= 0.6 is 11.6 Å². The second-order valence-corrected chi connectivity index (χ2v) is 8.86. The highest BCUT2D eigenvalue weighted by molar-refractivity contribution is 6.34. The molecule has 1 amide bonds. The molecule has 2 fully saturated rings. The summed E-state index contributed by atoms with van der Waals surface area (Å²) < 4.78 is 19.8. The Hall–Kier alpha value is -3.36. The molecule has 0 unspecified atom stereocenters. The molecule has 3 aromatic rings. The first kappa shape index (κ1) is 22.4. The predicted octanol–water partition coefficient (Wildman–Crippen LogP) is 4.67.